The number of anilines is 1. The number of rotatable bonds is 2. The van der Waals surface area contributed by atoms with Crippen LogP contribution in [-0.2, 0) is 4.79 Å². The van der Waals surface area contributed by atoms with Gasteiger partial charge in [-0.05, 0) is 18.1 Å². The molecule has 0 aliphatic carbocycles. The molecule has 0 N–H and O–H groups in total. The quantitative estimate of drug-likeness (QED) is 0.764. The first-order chi connectivity index (χ1) is 7.68. The molecule has 0 unspecified atom stereocenters. The van der Waals surface area contributed by atoms with Crippen molar-refractivity contribution < 1.29 is 9.53 Å². The first-order valence-electron chi connectivity index (χ1n) is 5.70. The Bertz CT molecular complexity index is 387. The molecule has 0 aromatic heterocycles. The van der Waals surface area contributed by atoms with Crippen LogP contribution in [0.2, 0.25) is 0 Å². The minimum atomic E-state index is 0.186. The second kappa shape index (κ2) is 4.56. The van der Waals surface area contributed by atoms with Crippen LogP contribution < -0.4 is 9.64 Å². The third kappa shape index (κ3) is 2.18. The summed E-state index contributed by atoms with van der Waals surface area (Å²) in [5, 5.41) is 0. The molecule has 1 amide bonds. The van der Waals surface area contributed by atoms with Crippen molar-refractivity contribution >= 4 is 11.6 Å². The molecular formula is C13H17NO2. The van der Waals surface area contributed by atoms with Gasteiger partial charge in [0.15, 0.2) is 0 Å². The molecule has 0 saturated heterocycles. The van der Waals surface area contributed by atoms with E-state index < -0.39 is 0 Å². The zero-order valence-electron chi connectivity index (χ0n) is 9.77. The topological polar surface area (TPSA) is 29.5 Å². The highest BCUT2D eigenvalue weighted by molar-refractivity contribution is 5.95. The number of carbonyl (C=O) groups is 1. The maximum absolute atomic E-state index is 12.0. The lowest BCUT2D eigenvalue weighted by Crippen LogP contribution is -2.38. The van der Waals surface area contributed by atoms with Crippen molar-refractivity contribution in [2.75, 3.05) is 18.1 Å². The number of fused-ring (bicyclic) bond motifs is 1. The van der Waals surface area contributed by atoms with Crippen LogP contribution in [0.5, 0.6) is 5.75 Å². The summed E-state index contributed by atoms with van der Waals surface area (Å²) < 4.78 is 5.51. The molecule has 1 aliphatic heterocycles. The minimum absolute atomic E-state index is 0.186. The zero-order valence-corrected chi connectivity index (χ0v) is 9.77. The van der Waals surface area contributed by atoms with Crippen LogP contribution in [0.3, 0.4) is 0 Å². The van der Waals surface area contributed by atoms with E-state index in [1.54, 1.807) is 0 Å². The van der Waals surface area contributed by atoms with Crippen molar-refractivity contribution in [3.05, 3.63) is 24.3 Å². The molecule has 3 nitrogen and oxygen atoms in total. The minimum Gasteiger partial charge on any atom is -0.490 e. The molecule has 0 atom stereocenters. The van der Waals surface area contributed by atoms with Crippen LogP contribution in [0.15, 0.2) is 24.3 Å². The zero-order chi connectivity index (χ0) is 11.5. The summed E-state index contributed by atoms with van der Waals surface area (Å²) in [4.78, 5) is 13.9. The van der Waals surface area contributed by atoms with Gasteiger partial charge in [0.05, 0.1) is 12.2 Å². The fourth-order valence-corrected chi connectivity index (χ4v) is 1.89. The molecule has 2 rings (SSSR count). The maximum atomic E-state index is 12.0. The molecule has 0 fully saturated rings. The Labute approximate surface area is 96.0 Å². The van der Waals surface area contributed by atoms with Gasteiger partial charge in [-0.2, -0.15) is 0 Å². The SMILES string of the molecule is CC(C)CC(=O)N1CCOc2ccccc21. The molecule has 1 aliphatic rings. The Kier molecular flexibility index (Phi) is 3.13. The van der Waals surface area contributed by atoms with Gasteiger partial charge in [0.1, 0.15) is 12.4 Å². The van der Waals surface area contributed by atoms with Gasteiger partial charge >= 0.3 is 0 Å². The van der Waals surface area contributed by atoms with Crippen LogP contribution in [-0.4, -0.2) is 19.1 Å². The number of ether oxygens (including phenoxy) is 1. The fraction of sp³-hybridized carbons (Fsp3) is 0.462. The lowest BCUT2D eigenvalue weighted by atomic mass is 10.1. The van der Waals surface area contributed by atoms with Crippen molar-refractivity contribution in [2.45, 2.75) is 20.3 Å². The van der Waals surface area contributed by atoms with Crippen LogP contribution in [0.4, 0.5) is 5.69 Å². The van der Waals surface area contributed by atoms with E-state index in [1.807, 2.05) is 29.2 Å². The molecule has 1 aromatic rings. The van der Waals surface area contributed by atoms with E-state index in [-0.39, 0.29) is 5.91 Å². The van der Waals surface area contributed by atoms with Gasteiger partial charge in [-0.1, -0.05) is 26.0 Å². The molecule has 0 saturated carbocycles. The van der Waals surface area contributed by atoms with Crippen molar-refractivity contribution in [1.82, 2.24) is 0 Å². The van der Waals surface area contributed by atoms with E-state index in [4.69, 9.17) is 4.74 Å². The van der Waals surface area contributed by atoms with Crippen LogP contribution >= 0.6 is 0 Å². The Balaban J connectivity index is 2.21. The third-order valence-corrected chi connectivity index (χ3v) is 2.61. The van der Waals surface area contributed by atoms with Crippen molar-refractivity contribution in [1.29, 1.82) is 0 Å². The standard InChI is InChI=1S/C13H17NO2/c1-10(2)9-13(15)14-7-8-16-12-6-4-3-5-11(12)14/h3-6,10H,7-9H2,1-2H3. The van der Waals surface area contributed by atoms with Gasteiger partial charge in [-0.15, -0.1) is 0 Å². The van der Waals surface area contributed by atoms with Crippen molar-refractivity contribution in [3.8, 4) is 5.75 Å². The van der Waals surface area contributed by atoms with Crippen molar-refractivity contribution in [2.24, 2.45) is 5.92 Å². The molecule has 1 aromatic carbocycles. The van der Waals surface area contributed by atoms with Crippen LogP contribution in [0, 0.1) is 5.92 Å². The Morgan fingerprint density at radius 3 is 2.94 bits per heavy atom. The summed E-state index contributed by atoms with van der Waals surface area (Å²) in [6.07, 6.45) is 0.592. The molecule has 86 valence electrons. The van der Waals surface area contributed by atoms with E-state index in [0.29, 0.717) is 25.5 Å². The first-order valence-corrected chi connectivity index (χ1v) is 5.70. The van der Waals surface area contributed by atoms with Gasteiger partial charge in [0, 0.05) is 6.42 Å². The summed E-state index contributed by atoms with van der Waals surface area (Å²) in [7, 11) is 0. The normalized spacial score (nSPS) is 14.6. The molecule has 1 heterocycles. The molecule has 0 spiro atoms. The summed E-state index contributed by atoms with van der Waals surface area (Å²) in [5.41, 5.74) is 0.902. The monoisotopic (exact) mass is 219 g/mol. The smallest absolute Gasteiger partial charge is 0.227 e. The highest BCUT2D eigenvalue weighted by Crippen LogP contribution is 2.31. The summed E-state index contributed by atoms with van der Waals surface area (Å²) in [6.45, 7) is 5.36. The Hall–Kier alpha value is -1.51. The Morgan fingerprint density at radius 2 is 2.19 bits per heavy atom. The number of amides is 1. The fourth-order valence-electron chi connectivity index (χ4n) is 1.89. The molecular weight excluding hydrogens is 202 g/mol. The predicted octanol–water partition coefficient (Wildman–Crippen LogP) is 2.46. The van der Waals surface area contributed by atoms with Gasteiger partial charge in [-0.3, -0.25) is 4.79 Å². The van der Waals surface area contributed by atoms with Gasteiger partial charge in [0.2, 0.25) is 5.91 Å². The van der Waals surface area contributed by atoms with Gasteiger partial charge in [0.25, 0.3) is 0 Å². The molecule has 0 bridgehead atoms. The molecule has 3 heteroatoms. The highest BCUT2D eigenvalue weighted by atomic mass is 16.5. The molecule has 16 heavy (non-hydrogen) atoms. The predicted molar refractivity (Wildman–Crippen MR) is 63.7 cm³/mol. The highest BCUT2D eigenvalue weighted by Gasteiger charge is 2.23. The van der Waals surface area contributed by atoms with Gasteiger partial charge < -0.3 is 9.64 Å². The number of hydrogen-bond donors (Lipinski definition) is 0. The maximum Gasteiger partial charge on any atom is 0.227 e. The number of benzene rings is 1. The van der Waals surface area contributed by atoms with Crippen LogP contribution in [0.1, 0.15) is 20.3 Å². The number of carbonyl (C=O) groups excluding carboxylic acids is 1. The lowest BCUT2D eigenvalue weighted by Gasteiger charge is -2.29. The summed E-state index contributed by atoms with van der Waals surface area (Å²) in [6, 6.07) is 7.70. The van der Waals surface area contributed by atoms with E-state index in [1.165, 1.54) is 0 Å². The number of para-hydroxylation sites is 2. The van der Waals surface area contributed by atoms with E-state index in [9.17, 15) is 4.79 Å². The third-order valence-electron chi connectivity index (χ3n) is 2.61. The second-order valence-electron chi connectivity index (χ2n) is 4.46. The second-order valence-corrected chi connectivity index (χ2v) is 4.46. The Morgan fingerprint density at radius 1 is 1.44 bits per heavy atom. The average molecular weight is 219 g/mol. The number of hydrogen-bond acceptors (Lipinski definition) is 2. The lowest BCUT2D eigenvalue weighted by molar-refractivity contribution is -0.119. The number of nitrogens with zero attached hydrogens (tertiary/aromatic N) is 1. The van der Waals surface area contributed by atoms with E-state index in [0.717, 1.165) is 11.4 Å². The average Bonchev–Trinajstić information content (AvgIpc) is 2.27. The first kappa shape index (κ1) is 11.0. The van der Waals surface area contributed by atoms with Crippen LogP contribution in [0.25, 0.3) is 0 Å². The van der Waals surface area contributed by atoms with E-state index in [2.05, 4.69) is 13.8 Å². The summed E-state index contributed by atoms with van der Waals surface area (Å²) >= 11 is 0. The summed E-state index contributed by atoms with van der Waals surface area (Å²) in [5.74, 6) is 1.39. The largest absolute Gasteiger partial charge is 0.490 e. The molecule has 0 radical (unpaired) electrons. The van der Waals surface area contributed by atoms with E-state index >= 15 is 0 Å². The van der Waals surface area contributed by atoms with Crippen molar-refractivity contribution in [3.63, 3.8) is 0 Å². The van der Waals surface area contributed by atoms with Gasteiger partial charge in [-0.25, -0.2) is 0 Å².